The van der Waals surface area contributed by atoms with Crippen molar-refractivity contribution in [3.8, 4) is 39.7 Å². The number of ether oxygens (including phenoxy) is 2. The van der Waals surface area contributed by atoms with E-state index >= 15 is 0 Å². The minimum atomic E-state index is -4.76. The normalized spacial score (nSPS) is 11.3. The molecule has 4 aromatic carbocycles. The lowest BCUT2D eigenvalue weighted by molar-refractivity contribution is -0.274. The second kappa shape index (κ2) is 12.1. The summed E-state index contributed by atoms with van der Waals surface area (Å²) in [7, 11) is 1.51. The van der Waals surface area contributed by atoms with Crippen molar-refractivity contribution in [2.45, 2.75) is 12.8 Å². The van der Waals surface area contributed by atoms with E-state index in [2.05, 4.69) is 20.1 Å². The van der Waals surface area contributed by atoms with Crippen molar-refractivity contribution in [3.63, 3.8) is 0 Å². The number of para-hydroxylation sites is 1. The lowest BCUT2D eigenvalue weighted by Gasteiger charge is -2.11. The molecule has 214 valence electrons. The molecule has 1 amide bonds. The van der Waals surface area contributed by atoms with E-state index in [1.54, 1.807) is 24.3 Å². The Labute approximate surface area is 238 Å². The third-order valence-corrected chi connectivity index (χ3v) is 6.36. The van der Waals surface area contributed by atoms with Crippen LogP contribution in [0.25, 0.3) is 28.2 Å². The summed E-state index contributed by atoms with van der Waals surface area (Å²) in [6.07, 6.45) is -2.74. The number of hydrogen-bond donors (Lipinski definition) is 1. The van der Waals surface area contributed by atoms with Crippen LogP contribution in [0.15, 0.2) is 97.3 Å². The molecule has 1 aromatic heterocycles. The van der Waals surface area contributed by atoms with E-state index in [4.69, 9.17) is 4.74 Å². The van der Waals surface area contributed by atoms with E-state index in [1.807, 2.05) is 24.3 Å². The molecule has 0 fully saturated rings. The highest BCUT2D eigenvalue weighted by atomic mass is 19.4. The zero-order valence-electron chi connectivity index (χ0n) is 22.2. The number of nitrogens with one attached hydrogen (secondary N) is 1. The van der Waals surface area contributed by atoms with Gasteiger partial charge in [-0.05, 0) is 60.5 Å². The Morgan fingerprint density at radius 3 is 2.38 bits per heavy atom. The Morgan fingerprint density at radius 2 is 1.67 bits per heavy atom. The van der Waals surface area contributed by atoms with Crippen molar-refractivity contribution in [2.75, 3.05) is 13.7 Å². The first-order valence-electron chi connectivity index (χ1n) is 12.8. The summed E-state index contributed by atoms with van der Waals surface area (Å²) in [6.45, 7) is 0.362. The molecule has 0 unspecified atom stereocenters. The predicted molar refractivity (Wildman–Crippen MR) is 148 cm³/mol. The van der Waals surface area contributed by atoms with Crippen molar-refractivity contribution in [3.05, 3.63) is 114 Å². The number of alkyl halides is 3. The van der Waals surface area contributed by atoms with Gasteiger partial charge in [-0.1, -0.05) is 42.5 Å². The fraction of sp³-hybridized carbons (Fsp3) is 0.129. The minimum Gasteiger partial charge on any atom is -0.496 e. The summed E-state index contributed by atoms with van der Waals surface area (Å²) in [4.78, 5) is 17.1. The highest BCUT2D eigenvalue weighted by molar-refractivity contribution is 5.95. The lowest BCUT2D eigenvalue weighted by atomic mass is 10.0. The van der Waals surface area contributed by atoms with Gasteiger partial charge in [0.25, 0.3) is 5.91 Å². The predicted octanol–water partition coefficient (Wildman–Crippen LogP) is 6.62. The third-order valence-electron chi connectivity index (χ3n) is 6.36. The monoisotopic (exact) mass is 576 g/mol. The number of aromatic nitrogens is 3. The summed E-state index contributed by atoms with van der Waals surface area (Å²) in [6, 6.07) is 24.0. The van der Waals surface area contributed by atoms with E-state index in [0.717, 1.165) is 11.1 Å². The summed E-state index contributed by atoms with van der Waals surface area (Å²) in [5.74, 6) is -0.159. The average molecular weight is 577 g/mol. The molecule has 0 spiro atoms. The van der Waals surface area contributed by atoms with Gasteiger partial charge in [0.2, 0.25) is 0 Å². The number of hydrogen-bond acceptors (Lipinski definition) is 5. The molecule has 0 aliphatic carbocycles. The van der Waals surface area contributed by atoms with Crippen molar-refractivity contribution in [1.82, 2.24) is 20.1 Å². The van der Waals surface area contributed by atoms with Crippen LogP contribution in [0.1, 0.15) is 15.9 Å². The fourth-order valence-corrected chi connectivity index (χ4v) is 4.30. The van der Waals surface area contributed by atoms with Gasteiger partial charge in [0.15, 0.2) is 5.82 Å². The molecular weight excluding hydrogens is 552 g/mol. The molecule has 0 saturated carbocycles. The summed E-state index contributed by atoms with van der Waals surface area (Å²) in [5, 5.41) is 7.27. The molecular formula is C31H24F4N4O3. The van der Waals surface area contributed by atoms with Crippen LogP contribution in [0.3, 0.4) is 0 Å². The number of halogens is 4. The van der Waals surface area contributed by atoms with Crippen LogP contribution in [0.4, 0.5) is 17.6 Å². The number of methoxy groups -OCH3 is 1. The summed E-state index contributed by atoms with van der Waals surface area (Å²) < 4.78 is 62.4. The van der Waals surface area contributed by atoms with Crippen LogP contribution in [-0.2, 0) is 6.42 Å². The third kappa shape index (κ3) is 6.74. The van der Waals surface area contributed by atoms with Gasteiger partial charge in [0, 0.05) is 28.8 Å². The van der Waals surface area contributed by atoms with Crippen molar-refractivity contribution >= 4 is 5.91 Å². The topological polar surface area (TPSA) is 78.3 Å². The lowest BCUT2D eigenvalue weighted by Crippen LogP contribution is -2.25. The van der Waals surface area contributed by atoms with E-state index in [9.17, 15) is 22.4 Å². The first-order valence-corrected chi connectivity index (χ1v) is 12.8. The fourth-order valence-electron chi connectivity index (χ4n) is 4.30. The number of amides is 1. The van der Waals surface area contributed by atoms with E-state index < -0.39 is 12.2 Å². The Kier molecular flexibility index (Phi) is 8.19. The highest BCUT2D eigenvalue weighted by Gasteiger charge is 2.31. The molecule has 1 heterocycles. The van der Waals surface area contributed by atoms with Gasteiger partial charge in [-0.2, -0.15) is 0 Å². The molecule has 11 heteroatoms. The van der Waals surface area contributed by atoms with Crippen LogP contribution >= 0.6 is 0 Å². The van der Waals surface area contributed by atoms with Crippen molar-refractivity contribution in [1.29, 1.82) is 0 Å². The molecule has 0 saturated heterocycles. The number of carbonyl (C=O) groups is 1. The van der Waals surface area contributed by atoms with Crippen LogP contribution in [-0.4, -0.2) is 40.7 Å². The molecule has 0 radical (unpaired) electrons. The first-order chi connectivity index (χ1) is 20.2. The van der Waals surface area contributed by atoms with E-state index in [1.165, 1.54) is 60.6 Å². The van der Waals surface area contributed by atoms with Gasteiger partial charge in [-0.15, -0.1) is 18.3 Å². The van der Waals surface area contributed by atoms with Crippen LogP contribution < -0.4 is 14.8 Å². The SMILES string of the molecule is COc1ccccc1-c1cc(C(=O)NCCc2ccc(-c3ncn(-c4ccc(OC(F)(F)F)cc4)n3)cc2)ccc1F. The molecule has 42 heavy (non-hydrogen) atoms. The minimum absolute atomic E-state index is 0.277. The molecule has 5 aromatic rings. The number of rotatable bonds is 9. The van der Waals surface area contributed by atoms with Gasteiger partial charge in [-0.3, -0.25) is 4.79 Å². The molecule has 5 rings (SSSR count). The second-order valence-electron chi connectivity index (χ2n) is 9.15. The molecule has 1 N–H and O–H groups in total. The summed E-state index contributed by atoms with van der Waals surface area (Å²) in [5.41, 5.74) is 3.39. The molecule has 0 aliphatic heterocycles. The molecule has 0 atom stereocenters. The van der Waals surface area contributed by atoms with Crippen molar-refractivity contribution in [2.24, 2.45) is 0 Å². The Hall–Kier alpha value is -5.19. The molecule has 7 nitrogen and oxygen atoms in total. The quantitative estimate of drug-likeness (QED) is 0.200. The summed E-state index contributed by atoms with van der Waals surface area (Å²) >= 11 is 0. The van der Waals surface area contributed by atoms with Crippen LogP contribution in [0, 0.1) is 5.82 Å². The maximum Gasteiger partial charge on any atom is 0.573 e. The largest absolute Gasteiger partial charge is 0.573 e. The number of nitrogens with zero attached hydrogens (tertiary/aromatic N) is 3. The number of benzene rings is 4. The standard InChI is InChI=1S/C31H24F4N4O3/c1-41-28-5-3-2-4-25(28)26-18-22(10-15-27(26)32)30(40)36-17-16-20-6-8-21(9-7-20)29-37-19-39(38-29)23-11-13-24(14-12-23)42-31(33,34)35/h2-15,18-19H,16-17H2,1H3,(H,36,40). The van der Waals surface area contributed by atoms with Gasteiger partial charge >= 0.3 is 6.36 Å². The smallest absolute Gasteiger partial charge is 0.496 e. The van der Waals surface area contributed by atoms with Crippen LogP contribution in [0.5, 0.6) is 11.5 Å². The van der Waals surface area contributed by atoms with Gasteiger partial charge < -0.3 is 14.8 Å². The zero-order valence-corrected chi connectivity index (χ0v) is 22.2. The van der Waals surface area contributed by atoms with Gasteiger partial charge in [0.05, 0.1) is 12.8 Å². The number of carbonyl (C=O) groups excluding carboxylic acids is 1. The maximum absolute atomic E-state index is 14.6. The zero-order chi connectivity index (χ0) is 29.7. The second-order valence-corrected chi connectivity index (χ2v) is 9.15. The Bertz CT molecular complexity index is 1680. The molecule has 0 bridgehead atoms. The van der Waals surface area contributed by atoms with E-state index in [-0.39, 0.29) is 17.2 Å². The highest BCUT2D eigenvalue weighted by Crippen LogP contribution is 2.32. The molecule has 0 aliphatic rings. The Morgan fingerprint density at radius 1 is 0.929 bits per heavy atom. The van der Waals surface area contributed by atoms with Gasteiger partial charge in [-0.25, -0.2) is 14.1 Å². The van der Waals surface area contributed by atoms with Crippen molar-refractivity contribution < 1.29 is 31.8 Å². The average Bonchev–Trinajstić information content (AvgIpc) is 3.48. The van der Waals surface area contributed by atoms with Gasteiger partial charge in [0.1, 0.15) is 23.6 Å². The Balaban J connectivity index is 1.18. The first kappa shape index (κ1) is 28.3. The van der Waals surface area contributed by atoms with E-state index in [0.29, 0.717) is 41.4 Å². The maximum atomic E-state index is 14.6. The van der Waals surface area contributed by atoms with Crippen LogP contribution in [0.2, 0.25) is 0 Å².